The molecular weight excluding hydrogens is 566 g/mol. The minimum absolute atomic E-state index is 0.0226. The van der Waals surface area contributed by atoms with Crippen LogP contribution >= 0.6 is 9.24 Å². The normalized spacial score (nSPS) is 22.6. The van der Waals surface area contributed by atoms with E-state index in [1.807, 2.05) is 0 Å². The minimum atomic E-state index is -3.58. The quantitative estimate of drug-likeness (QED) is 0.210. The molecule has 4 rings (SSSR count). The first-order valence-corrected chi connectivity index (χ1v) is 13.1. The number of urea groups is 1. The van der Waals surface area contributed by atoms with Crippen molar-refractivity contribution in [3.63, 3.8) is 0 Å². The van der Waals surface area contributed by atoms with Gasteiger partial charge in [0.15, 0.2) is 0 Å². The third-order valence-corrected chi connectivity index (χ3v) is 7.71. The van der Waals surface area contributed by atoms with E-state index in [4.69, 9.17) is 11.2 Å². The Hall–Kier alpha value is -3.90. The molecule has 3 atom stereocenters. The molecule has 1 saturated carbocycles. The predicted molar refractivity (Wildman–Crippen MR) is 144 cm³/mol. The fourth-order valence-electron chi connectivity index (χ4n) is 5.02. The summed E-state index contributed by atoms with van der Waals surface area (Å²) in [6, 6.07) is 7.01. The van der Waals surface area contributed by atoms with E-state index in [9.17, 15) is 36.6 Å². The standard InChI is InChI=1S/C29H26F5N2O4P/c1-2-3-4-6-22-16-28(18-7-9-20(30)10-8-18,35-26(39)36(22)17-27(25(37)38)11-5-12-27)19-13-21(31)15-23(14-19)40-29(34,41)24(32)33/h1,3-4,6-10,13-15,24H,5,11-12,16-17,41H2,(H,35,39)(H,37,38)/b4-3-,22-6-/t28-,29?/m1/s1. The average molecular weight is 593 g/mol. The number of amides is 2. The number of carbonyl (C=O) groups excluding carboxylic acids is 1. The number of carboxylic acid groups (broad SMARTS) is 1. The molecule has 2 fully saturated rings. The van der Waals surface area contributed by atoms with Gasteiger partial charge in [0.25, 0.3) is 0 Å². The van der Waals surface area contributed by atoms with Crippen molar-refractivity contribution in [2.75, 3.05) is 6.54 Å². The van der Waals surface area contributed by atoms with Crippen LogP contribution in [0.3, 0.4) is 0 Å². The molecule has 2 amide bonds. The Labute approximate surface area is 235 Å². The van der Waals surface area contributed by atoms with Gasteiger partial charge in [-0.1, -0.05) is 30.6 Å². The number of rotatable bonds is 9. The van der Waals surface area contributed by atoms with Crippen LogP contribution in [-0.4, -0.2) is 40.6 Å². The lowest BCUT2D eigenvalue weighted by atomic mass is 9.68. The van der Waals surface area contributed by atoms with Gasteiger partial charge >= 0.3 is 24.0 Å². The molecule has 1 saturated heterocycles. The van der Waals surface area contributed by atoms with Gasteiger partial charge in [-0.2, -0.15) is 4.39 Å². The van der Waals surface area contributed by atoms with E-state index >= 15 is 0 Å². The van der Waals surface area contributed by atoms with Crippen LogP contribution < -0.4 is 10.1 Å². The van der Waals surface area contributed by atoms with Gasteiger partial charge in [0.2, 0.25) is 0 Å². The summed E-state index contributed by atoms with van der Waals surface area (Å²) < 4.78 is 74.3. The van der Waals surface area contributed by atoms with Crippen molar-refractivity contribution in [1.29, 1.82) is 0 Å². The third-order valence-electron chi connectivity index (χ3n) is 7.34. The Morgan fingerprint density at radius 2 is 1.88 bits per heavy atom. The highest BCUT2D eigenvalue weighted by atomic mass is 31.0. The number of terminal acetylenes is 1. The topological polar surface area (TPSA) is 78.9 Å². The molecule has 2 aromatic rings. The van der Waals surface area contributed by atoms with E-state index in [1.165, 1.54) is 44.5 Å². The Morgan fingerprint density at radius 1 is 1.20 bits per heavy atom. The first-order valence-electron chi connectivity index (χ1n) is 12.5. The number of nitrogens with one attached hydrogen (secondary N) is 1. The maximum absolute atomic E-state index is 14.9. The number of allylic oxidation sites excluding steroid dienone is 3. The third kappa shape index (κ3) is 6.08. The van der Waals surface area contributed by atoms with Crippen LogP contribution in [0, 0.1) is 29.4 Å². The molecular formula is C29H26F5N2O4P. The summed E-state index contributed by atoms with van der Waals surface area (Å²) in [6.45, 7) is -0.160. The molecule has 2 aliphatic rings. The van der Waals surface area contributed by atoms with Crippen LogP contribution in [0.25, 0.3) is 0 Å². The number of benzene rings is 2. The molecule has 2 unspecified atom stereocenters. The first kappa shape index (κ1) is 30.1. The summed E-state index contributed by atoms with van der Waals surface area (Å²) in [6.07, 6.45) is 7.33. The van der Waals surface area contributed by atoms with Crippen LogP contribution in [0.5, 0.6) is 5.75 Å². The van der Waals surface area contributed by atoms with Crippen molar-refractivity contribution < 1.29 is 41.4 Å². The number of hydrogen-bond acceptors (Lipinski definition) is 3. The lowest BCUT2D eigenvalue weighted by Crippen LogP contribution is -2.60. The predicted octanol–water partition coefficient (Wildman–Crippen LogP) is 6.09. The fraction of sp³-hybridized carbons (Fsp3) is 0.310. The van der Waals surface area contributed by atoms with E-state index in [-0.39, 0.29) is 24.1 Å². The lowest BCUT2D eigenvalue weighted by Gasteiger charge is -2.48. The van der Waals surface area contributed by atoms with Gasteiger partial charge in [-0.05, 0) is 69.6 Å². The van der Waals surface area contributed by atoms with Crippen molar-refractivity contribution in [1.82, 2.24) is 10.2 Å². The maximum Gasteiger partial charge on any atom is 0.322 e. The van der Waals surface area contributed by atoms with E-state index in [1.54, 1.807) is 0 Å². The summed E-state index contributed by atoms with van der Waals surface area (Å²) in [5, 5.41) is 12.7. The highest BCUT2D eigenvalue weighted by Gasteiger charge is 2.51. The van der Waals surface area contributed by atoms with Crippen LogP contribution in [0.1, 0.15) is 36.8 Å². The summed E-state index contributed by atoms with van der Waals surface area (Å²) in [5.41, 5.74) is -5.79. The van der Waals surface area contributed by atoms with Crippen LogP contribution in [0.4, 0.5) is 26.7 Å². The van der Waals surface area contributed by atoms with Gasteiger partial charge in [0.05, 0.1) is 11.0 Å². The molecule has 0 spiro atoms. The fourth-order valence-corrected chi connectivity index (χ4v) is 5.15. The molecule has 0 aromatic heterocycles. The molecule has 12 heteroatoms. The minimum Gasteiger partial charge on any atom is -0.481 e. The number of halogens is 5. The van der Waals surface area contributed by atoms with Crippen molar-refractivity contribution in [3.8, 4) is 18.1 Å². The molecule has 41 heavy (non-hydrogen) atoms. The second kappa shape index (κ2) is 11.5. The summed E-state index contributed by atoms with van der Waals surface area (Å²) in [5.74, 6) is -0.910. The molecule has 1 aliphatic carbocycles. The Balaban J connectivity index is 1.87. The summed E-state index contributed by atoms with van der Waals surface area (Å²) >= 11 is 0. The number of carbonyl (C=O) groups is 2. The zero-order valence-corrected chi connectivity index (χ0v) is 22.7. The Bertz CT molecular complexity index is 1430. The number of ether oxygens (including phenoxy) is 1. The molecule has 0 radical (unpaired) electrons. The number of hydrogen-bond donors (Lipinski definition) is 2. The Kier molecular flexibility index (Phi) is 8.46. The van der Waals surface area contributed by atoms with Gasteiger partial charge in [-0.25, -0.2) is 22.4 Å². The van der Waals surface area contributed by atoms with Gasteiger partial charge < -0.3 is 15.2 Å². The SMILES string of the molecule is C#C/C=C\C=C1\C[C@@](c2ccc(F)cc2)(c2cc(F)cc(OC(F)(P)C(F)F)c2)NC(=O)N1CC1(C(=O)O)CCC1. The van der Waals surface area contributed by atoms with Crippen molar-refractivity contribution in [3.05, 3.63) is 89.2 Å². The maximum atomic E-state index is 14.9. The highest BCUT2D eigenvalue weighted by Crippen LogP contribution is 2.46. The van der Waals surface area contributed by atoms with E-state index in [0.717, 1.165) is 24.3 Å². The summed E-state index contributed by atoms with van der Waals surface area (Å²) in [7, 11) is 1.23. The molecule has 216 valence electrons. The second-order valence-electron chi connectivity index (χ2n) is 10.0. The van der Waals surface area contributed by atoms with Gasteiger partial charge in [-0.3, -0.25) is 9.69 Å². The Morgan fingerprint density at radius 3 is 2.44 bits per heavy atom. The molecule has 1 aliphatic heterocycles. The number of carboxylic acids is 1. The molecule has 6 nitrogen and oxygen atoms in total. The monoisotopic (exact) mass is 592 g/mol. The molecule has 1 heterocycles. The van der Waals surface area contributed by atoms with E-state index in [0.29, 0.717) is 31.0 Å². The first-order chi connectivity index (χ1) is 19.3. The number of alkyl halides is 3. The van der Waals surface area contributed by atoms with Crippen molar-refractivity contribution in [2.45, 2.75) is 43.2 Å². The van der Waals surface area contributed by atoms with E-state index in [2.05, 4.69) is 11.2 Å². The summed E-state index contributed by atoms with van der Waals surface area (Å²) in [4.78, 5) is 27.1. The molecule has 2 aromatic carbocycles. The van der Waals surface area contributed by atoms with Crippen molar-refractivity contribution >= 4 is 21.2 Å². The smallest absolute Gasteiger partial charge is 0.322 e. The van der Waals surface area contributed by atoms with Crippen molar-refractivity contribution in [2.24, 2.45) is 5.41 Å². The van der Waals surface area contributed by atoms with Gasteiger partial charge in [0, 0.05) is 24.7 Å². The average Bonchev–Trinajstić information content (AvgIpc) is 2.86. The van der Waals surface area contributed by atoms with Gasteiger partial charge in [-0.15, -0.1) is 6.42 Å². The molecule has 0 bridgehead atoms. The van der Waals surface area contributed by atoms with E-state index < -0.39 is 52.4 Å². The number of aliphatic carboxylic acids is 1. The highest BCUT2D eigenvalue weighted by molar-refractivity contribution is 7.18. The van der Waals surface area contributed by atoms with Crippen LogP contribution in [0.2, 0.25) is 0 Å². The van der Waals surface area contributed by atoms with Crippen LogP contribution in [-0.2, 0) is 10.3 Å². The van der Waals surface area contributed by atoms with Gasteiger partial charge in [0.1, 0.15) is 17.4 Å². The molecule has 2 N–H and O–H groups in total. The zero-order chi connectivity index (χ0) is 30.0. The van der Waals surface area contributed by atoms with Crippen LogP contribution in [0.15, 0.2) is 66.4 Å². The largest absolute Gasteiger partial charge is 0.481 e. The zero-order valence-electron chi connectivity index (χ0n) is 21.6. The lowest BCUT2D eigenvalue weighted by molar-refractivity contribution is -0.155. The number of nitrogens with zero attached hydrogens (tertiary/aromatic N) is 1. The second-order valence-corrected chi connectivity index (χ2v) is 10.8.